The molecule has 1 saturated carbocycles. The van der Waals surface area contributed by atoms with Crippen molar-refractivity contribution in [3.63, 3.8) is 0 Å². The standard InChI is InChI=1S/C20H29N5O2/c1-2-21-20(22-11-5-8-18(26)24-15-9-10-15)23-13-14-12-19(27)25-17-7-4-3-6-16(14)17/h3-4,6-7,14-15H,2,5,8-13H2,1H3,(H,24,26)(H,25,27)(H2,21,22,23). The zero-order valence-corrected chi connectivity index (χ0v) is 15.9. The van der Waals surface area contributed by atoms with Gasteiger partial charge in [0, 0.05) is 43.6 Å². The highest BCUT2D eigenvalue weighted by Crippen LogP contribution is 2.31. The van der Waals surface area contributed by atoms with Crippen molar-refractivity contribution in [1.29, 1.82) is 0 Å². The smallest absolute Gasteiger partial charge is 0.225 e. The molecule has 2 amide bonds. The van der Waals surface area contributed by atoms with Gasteiger partial charge in [-0.2, -0.15) is 0 Å². The number of benzene rings is 1. The van der Waals surface area contributed by atoms with E-state index in [2.05, 4.69) is 26.3 Å². The molecule has 27 heavy (non-hydrogen) atoms. The fourth-order valence-corrected chi connectivity index (χ4v) is 3.19. The minimum absolute atomic E-state index is 0.0357. The average Bonchev–Trinajstić information content (AvgIpc) is 3.46. The molecule has 0 spiro atoms. The summed E-state index contributed by atoms with van der Waals surface area (Å²) in [5.74, 6) is 0.970. The van der Waals surface area contributed by atoms with Gasteiger partial charge in [-0.25, -0.2) is 0 Å². The maximum atomic E-state index is 11.9. The first kappa shape index (κ1) is 19.2. The van der Waals surface area contributed by atoms with Gasteiger partial charge < -0.3 is 21.3 Å². The number of hydrogen-bond donors (Lipinski definition) is 4. The molecule has 4 N–H and O–H groups in total. The summed E-state index contributed by atoms with van der Waals surface area (Å²) in [6.45, 7) is 4.01. The Bertz CT molecular complexity index is 699. The lowest BCUT2D eigenvalue weighted by Crippen LogP contribution is -2.38. The lowest BCUT2D eigenvalue weighted by atomic mass is 9.91. The molecule has 1 aliphatic carbocycles. The minimum atomic E-state index is 0.0357. The highest BCUT2D eigenvalue weighted by molar-refractivity contribution is 5.94. The highest BCUT2D eigenvalue weighted by Gasteiger charge is 2.24. The molecule has 0 radical (unpaired) electrons. The van der Waals surface area contributed by atoms with Crippen molar-refractivity contribution < 1.29 is 9.59 Å². The molecule has 1 unspecified atom stereocenters. The van der Waals surface area contributed by atoms with E-state index < -0.39 is 0 Å². The fraction of sp³-hybridized carbons (Fsp3) is 0.550. The number of rotatable bonds is 8. The molecule has 7 heteroatoms. The van der Waals surface area contributed by atoms with Gasteiger partial charge in [0.15, 0.2) is 5.96 Å². The van der Waals surface area contributed by atoms with E-state index in [9.17, 15) is 9.59 Å². The quantitative estimate of drug-likeness (QED) is 0.318. The molecule has 1 atom stereocenters. The molecule has 146 valence electrons. The van der Waals surface area contributed by atoms with E-state index in [1.54, 1.807) is 0 Å². The number of nitrogens with one attached hydrogen (secondary N) is 4. The van der Waals surface area contributed by atoms with Gasteiger partial charge in [0.2, 0.25) is 11.8 Å². The Hall–Kier alpha value is -2.57. The number of anilines is 1. The van der Waals surface area contributed by atoms with Crippen molar-refractivity contribution in [3.05, 3.63) is 29.8 Å². The summed E-state index contributed by atoms with van der Waals surface area (Å²) >= 11 is 0. The van der Waals surface area contributed by atoms with Crippen molar-refractivity contribution in [2.24, 2.45) is 4.99 Å². The molecule has 1 aromatic rings. The largest absolute Gasteiger partial charge is 0.357 e. The lowest BCUT2D eigenvalue weighted by Gasteiger charge is -2.24. The topological polar surface area (TPSA) is 94.6 Å². The number of aliphatic imine (C=N–C) groups is 1. The number of carbonyl (C=O) groups excluding carboxylic acids is 2. The normalized spacial score (nSPS) is 19.1. The van der Waals surface area contributed by atoms with E-state index >= 15 is 0 Å². The third kappa shape index (κ3) is 5.98. The van der Waals surface area contributed by atoms with E-state index in [1.807, 2.05) is 31.2 Å². The Morgan fingerprint density at radius 2 is 2.07 bits per heavy atom. The van der Waals surface area contributed by atoms with Crippen LogP contribution in [-0.4, -0.2) is 43.5 Å². The number of amides is 2. The Morgan fingerprint density at radius 1 is 1.26 bits per heavy atom. The van der Waals surface area contributed by atoms with Gasteiger partial charge in [-0.15, -0.1) is 0 Å². The van der Waals surface area contributed by atoms with Crippen LogP contribution in [0.25, 0.3) is 0 Å². The van der Waals surface area contributed by atoms with Gasteiger partial charge in [0.1, 0.15) is 0 Å². The second-order valence-electron chi connectivity index (χ2n) is 7.13. The molecule has 1 fully saturated rings. The maximum absolute atomic E-state index is 11.9. The molecule has 2 aliphatic rings. The van der Waals surface area contributed by atoms with Crippen LogP contribution in [0.3, 0.4) is 0 Å². The Balaban J connectivity index is 1.49. The number of nitrogens with zero attached hydrogens (tertiary/aromatic N) is 1. The Labute approximate surface area is 160 Å². The highest BCUT2D eigenvalue weighted by atomic mass is 16.2. The van der Waals surface area contributed by atoms with E-state index in [-0.39, 0.29) is 17.7 Å². The van der Waals surface area contributed by atoms with Crippen molar-refractivity contribution >= 4 is 23.5 Å². The molecule has 0 bridgehead atoms. The average molecular weight is 371 g/mol. The molecule has 7 nitrogen and oxygen atoms in total. The third-order valence-corrected chi connectivity index (χ3v) is 4.74. The first-order valence-electron chi connectivity index (χ1n) is 9.86. The third-order valence-electron chi connectivity index (χ3n) is 4.74. The number of guanidine groups is 1. The van der Waals surface area contributed by atoms with Crippen LogP contribution in [-0.2, 0) is 9.59 Å². The van der Waals surface area contributed by atoms with Crippen LogP contribution < -0.4 is 21.3 Å². The molecule has 3 rings (SSSR count). The molecular weight excluding hydrogens is 342 g/mol. The summed E-state index contributed by atoms with van der Waals surface area (Å²) in [6, 6.07) is 8.31. The second-order valence-corrected chi connectivity index (χ2v) is 7.13. The summed E-state index contributed by atoms with van der Waals surface area (Å²) in [6.07, 6.45) is 3.96. The van der Waals surface area contributed by atoms with Crippen LogP contribution in [0.5, 0.6) is 0 Å². The van der Waals surface area contributed by atoms with Crippen molar-refractivity contribution in [1.82, 2.24) is 16.0 Å². The van der Waals surface area contributed by atoms with Gasteiger partial charge in [-0.05, 0) is 37.8 Å². The zero-order valence-electron chi connectivity index (χ0n) is 15.9. The fourth-order valence-electron chi connectivity index (χ4n) is 3.19. The van der Waals surface area contributed by atoms with E-state index in [0.29, 0.717) is 32.0 Å². The summed E-state index contributed by atoms with van der Waals surface area (Å²) in [5.41, 5.74) is 2.02. The van der Waals surface area contributed by atoms with Crippen LogP contribution >= 0.6 is 0 Å². The van der Waals surface area contributed by atoms with E-state index in [1.165, 1.54) is 0 Å². The number of carbonyl (C=O) groups is 2. The van der Waals surface area contributed by atoms with E-state index in [0.717, 1.165) is 43.0 Å². The van der Waals surface area contributed by atoms with E-state index in [4.69, 9.17) is 0 Å². The Morgan fingerprint density at radius 3 is 2.85 bits per heavy atom. The molecule has 1 aromatic carbocycles. The lowest BCUT2D eigenvalue weighted by molar-refractivity contribution is -0.121. The van der Waals surface area contributed by atoms with Crippen LogP contribution in [0.4, 0.5) is 5.69 Å². The minimum Gasteiger partial charge on any atom is -0.357 e. The SMILES string of the molecule is CCNC(=NCC1CC(=O)Nc2ccccc21)NCCCC(=O)NC1CC1. The molecule has 0 saturated heterocycles. The van der Waals surface area contributed by atoms with Crippen molar-refractivity contribution in [3.8, 4) is 0 Å². The van der Waals surface area contributed by atoms with Crippen molar-refractivity contribution in [2.45, 2.75) is 51.0 Å². The van der Waals surface area contributed by atoms with Gasteiger partial charge >= 0.3 is 0 Å². The van der Waals surface area contributed by atoms with Gasteiger partial charge in [-0.1, -0.05) is 18.2 Å². The Kier molecular flexibility index (Phi) is 6.68. The monoisotopic (exact) mass is 371 g/mol. The van der Waals surface area contributed by atoms with Gasteiger partial charge in [0.25, 0.3) is 0 Å². The maximum Gasteiger partial charge on any atom is 0.225 e. The second kappa shape index (κ2) is 9.39. The molecule has 1 aliphatic heterocycles. The first-order valence-corrected chi connectivity index (χ1v) is 9.86. The molecule has 0 aromatic heterocycles. The summed E-state index contributed by atoms with van der Waals surface area (Å²) in [7, 11) is 0. The summed E-state index contributed by atoms with van der Waals surface area (Å²) < 4.78 is 0. The number of hydrogen-bond acceptors (Lipinski definition) is 3. The predicted molar refractivity (Wildman–Crippen MR) is 107 cm³/mol. The van der Waals surface area contributed by atoms with Crippen LogP contribution in [0.1, 0.15) is 50.5 Å². The first-order chi connectivity index (χ1) is 13.2. The predicted octanol–water partition coefficient (Wildman–Crippen LogP) is 1.73. The molecule has 1 heterocycles. The van der Waals surface area contributed by atoms with Crippen molar-refractivity contribution in [2.75, 3.05) is 25.0 Å². The van der Waals surface area contributed by atoms with Gasteiger partial charge in [0.05, 0.1) is 6.54 Å². The van der Waals surface area contributed by atoms with Crippen LogP contribution in [0, 0.1) is 0 Å². The number of fused-ring (bicyclic) bond motifs is 1. The number of para-hydroxylation sites is 1. The molecular formula is C20H29N5O2. The summed E-state index contributed by atoms with van der Waals surface area (Å²) in [4.78, 5) is 28.3. The van der Waals surface area contributed by atoms with Crippen LogP contribution in [0.2, 0.25) is 0 Å². The van der Waals surface area contributed by atoms with Gasteiger partial charge in [-0.3, -0.25) is 14.6 Å². The zero-order chi connectivity index (χ0) is 19.1. The van der Waals surface area contributed by atoms with Crippen LogP contribution in [0.15, 0.2) is 29.3 Å². The summed E-state index contributed by atoms with van der Waals surface area (Å²) in [5, 5.41) is 12.4.